The highest BCUT2D eigenvalue weighted by molar-refractivity contribution is 7.85. The molecule has 0 saturated carbocycles. The molecule has 2 N–H and O–H groups in total. The summed E-state index contributed by atoms with van der Waals surface area (Å²) >= 11 is 0. The van der Waals surface area contributed by atoms with Crippen LogP contribution in [0, 0.1) is 0 Å². The van der Waals surface area contributed by atoms with Crippen molar-refractivity contribution in [1.82, 2.24) is 10.6 Å². The van der Waals surface area contributed by atoms with Gasteiger partial charge in [0.25, 0.3) is 0 Å². The maximum atomic E-state index is 11.8. The fraction of sp³-hybridized carbons (Fsp3) is 0.348. The third-order valence-electron chi connectivity index (χ3n) is 22.1. The zero-order valence-electron chi connectivity index (χ0n) is 64.5. The first kappa shape index (κ1) is 79.5. The van der Waals surface area contributed by atoms with Gasteiger partial charge in [-0.05, 0) is 170 Å². The van der Waals surface area contributed by atoms with Crippen LogP contribution in [-0.2, 0) is 51.5 Å². The number of anilines is 2. The van der Waals surface area contributed by atoms with Crippen molar-refractivity contribution in [3.05, 3.63) is 264 Å². The zero-order chi connectivity index (χ0) is 77.0. The number of allylic oxidation sites excluding steroid dienone is 16. The summed E-state index contributed by atoms with van der Waals surface area (Å²) in [5.74, 6) is -0.503. The minimum atomic E-state index is -4.24. The Bertz CT molecular complexity index is 4950. The van der Waals surface area contributed by atoms with Crippen molar-refractivity contribution in [3.8, 4) is 0 Å². The smallest absolute Gasteiger partial charge is 0.219 e. The van der Waals surface area contributed by atoms with Crippen LogP contribution in [0.4, 0.5) is 22.7 Å². The second-order valence-electron chi connectivity index (χ2n) is 30.9. The van der Waals surface area contributed by atoms with Gasteiger partial charge in [-0.2, -0.15) is 9.15 Å². The lowest BCUT2D eigenvalue weighted by Crippen LogP contribution is -2.28. The Hall–Kier alpha value is -9.58. The Morgan fingerprint density at radius 1 is 0.380 bits per heavy atom. The average Bonchev–Trinajstić information content (AvgIpc) is 1.60. The van der Waals surface area contributed by atoms with Gasteiger partial charge in [0.1, 0.15) is 13.1 Å². The number of amides is 2. The molecule has 0 unspecified atom stereocenters. The number of fused-ring (bicyclic) bond motifs is 12. The lowest BCUT2D eigenvalue weighted by molar-refractivity contribution is -0.438. The van der Waals surface area contributed by atoms with Crippen LogP contribution >= 0.6 is 0 Å². The Morgan fingerprint density at radius 2 is 0.704 bits per heavy atom. The van der Waals surface area contributed by atoms with E-state index in [4.69, 9.17) is 0 Å². The van der Waals surface area contributed by atoms with E-state index in [1.54, 1.807) is 14.1 Å². The van der Waals surface area contributed by atoms with Gasteiger partial charge in [-0.25, -0.2) is 16.8 Å². The third kappa shape index (κ3) is 17.7. The van der Waals surface area contributed by atoms with Crippen molar-refractivity contribution < 1.29 is 44.7 Å². The molecule has 0 saturated heterocycles. The lowest BCUT2D eigenvalue weighted by atomic mass is 9.79. The number of nitrogens with zero attached hydrogens (tertiary/aromatic N) is 4. The normalized spacial score (nSPS) is 17.2. The number of hydrogen-bond acceptors (Lipinski definition) is 10. The van der Waals surface area contributed by atoms with Gasteiger partial charge in [-0.15, -0.1) is 0 Å². The van der Waals surface area contributed by atoms with E-state index in [9.17, 15) is 35.5 Å². The first-order chi connectivity index (χ1) is 51.7. The molecule has 8 aromatic rings. The van der Waals surface area contributed by atoms with E-state index in [1.165, 1.54) is 88.1 Å². The number of carbonyl (C=O) groups excluding carboxylic acids is 2. The molecule has 0 bridgehead atoms. The van der Waals surface area contributed by atoms with Crippen LogP contribution in [-0.4, -0.2) is 110 Å². The average molecular weight is 1490 g/mol. The fourth-order valence-corrected chi connectivity index (χ4v) is 18.0. The summed E-state index contributed by atoms with van der Waals surface area (Å²) in [5.41, 5.74) is 13.8. The molecule has 16 heteroatoms. The second kappa shape index (κ2) is 34.3. The van der Waals surface area contributed by atoms with Gasteiger partial charge in [0, 0.05) is 133 Å². The van der Waals surface area contributed by atoms with E-state index in [2.05, 4.69) is 303 Å². The van der Waals surface area contributed by atoms with Crippen molar-refractivity contribution >= 4 is 109 Å². The summed E-state index contributed by atoms with van der Waals surface area (Å²) in [6.07, 6.45) is 38.2. The Morgan fingerprint density at radius 3 is 1.06 bits per heavy atom. The summed E-state index contributed by atoms with van der Waals surface area (Å²) in [4.78, 5) is 28.1. The van der Waals surface area contributed by atoms with Crippen molar-refractivity contribution in [2.45, 2.75) is 154 Å². The van der Waals surface area contributed by atoms with Crippen LogP contribution in [0.15, 0.2) is 242 Å². The Labute approximate surface area is 640 Å². The first-order valence-corrected chi connectivity index (χ1v) is 41.5. The molecule has 0 fully saturated rings. The van der Waals surface area contributed by atoms with Crippen molar-refractivity contribution in [2.24, 2.45) is 0 Å². The number of benzene rings is 8. The van der Waals surface area contributed by atoms with Crippen LogP contribution in [0.5, 0.6) is 0 Å². The number of hydrogen-bond donors (Lipinski definition) is 2. The van der Waals surface area contributed by atoms with Gasteiger partial charge >= 0.3 is 0 Å². The molecule has 4 aliphatic heterocycles. The quantitative estimate of drug-likeness (QED) is 0.0190. The van der Waals surface area contributed by atoms with E-state index >= 15 is 0 Å². The largest absolute Gasteiger partial charge is 0.748 e. The molecule has 0 aromatic heterocycles. The summed E-state index contributed by atoms with van der Waals surface area (Å²) in [5, 5.41) is 15.3. The molecule has 12 rings (SSSR count). The van der Waals surface area contributed by atoms with Crippen molar-refractivity contribution in [1.29, 1.82) is 0 Å². The number of nitrogens with one attached hydrogen (secondary N) is 2. The predicted molar refractivity (Wildman–Crippen MR) is 446 cm³/mol. The van der Waals surface area contributed by atoms with Gasteiger partial charge in [-0.3, -0.25) is 9.59 Å². The molecular formula is C92H106N6O8S2. The summed E-state index contributed by atoms with van der Waals surface area (Å²) in [7, 11) is -5.10. The number of unbranched alkanes of at least 4 members (excludes halogenated alkanes) is 6. The molecule has 8 aromatic carbocycles. The highest BCUT2D eigenvalue weighted by atomic mass is 32.2. The Kier molecular flexibility index (Phi) is 25.3. The minimum absolute atomic E-state index is 0.0936. The third-order valence-corrected chi connectivity index (χ3v) is 23.7. The van der Waals surface area contributed by atoms with Gasteiger partial charge in [0.2, 0.25) is 23.2 Å². The Balaban J connectivity index is 0.000000215. The SMILES string of the molecule is CNC(=O)CCCCC[N+]1=C(C=CC=CC=CC=C2N(CCCCS(=O)(=O)[O-])c3ccc4ccccc4c3C2(C)C)C(C)(C)c2c1ccc1ccccc21.CNC(=O)CCCCC[N+]1=C(C=CC=CC=CC=C2N(CCCCS(=O)(=O)[O-])c3ccc4ccccc4c3C2(C)C)C(C)(C)c2c1ccc1ccccc21. The van der Waals surface area contributed by atoms with E-state index < -0.39 is 20.2 Å². The molecule has 0 radical (unpaired) electrons. The van der Waals surface area contributed by atoms with Gasteiger partial charge < -0.3 is 29.5 Å². The van der Waals surface area contributed by atoms with E-state index in [1.807, 2.05) is 12.2 Å². The maximum absolute atomic E-state index is 11.8. The summed E-state index contributed by atoms with van der Waals surface area (Å²) < 4.78 is 72.7. The topological polar surface area (TPSA) is 185 Å². The summed E-state index contributed by atoms with van der Waals surface area (Å²) in [6, 6.07) is 51.7. The van der Waals surface area contributed by atoms with Crippen LogP contribution in [0.3, 0.4) is 0 Å². The van der Waals surface area contributed by atoms with Gasteiger partial charge in [0.15, 0.2) is 11.4 Å². The van der Waals surface area contributed by atoms with E-state index in [0.717, 1.165) is 74.4 Å². The fourth-order valence-electron chi connectivity index (χ4n) is 16.9. The van der Waals surface area contributed by atoms with Crippen molar-refractivity contribution in [3.63, 3.8) is 0 Å². The maximum Gasteiger partial charge on any atom is 0.219 e. The van der Waals surface area contributed by atoms with Crippen LogP contribution < -0.4 is 20.4 Å². The number of rotatable bonds is 30. The molecule has 4 heterocycles. The molecule has 0 atom stereocenters. The highest BCUT2D eigenvalue weighted by Crippen LogP contribution is 2.53. The molecule has 108 heavy (non-hydrogen) atoms. The van der Waals surface area contributed by atoms with E-state index in [0.29, 0.717) is 51.6 Å². The standard InChI is InChI=1S/2C46H53N3O4S/c2*1-45(2)40(48(31-17-9-12-26-42(50)47-5)38-29-27-34-20-13-15-22-36(34)43(38)45)24-10-7-6-8-11-25-41-46(3,4)44-37-23-16-14-21-35(37)28-30-39(44)49(41)32-18-19-33-54(51,52)53/h2*6-8,10-11,13-16,20-25,27-30H,9,12,17-19,26,31-33H2,1-5H3,(H-,47,50,51,52,53). The molecule has 4 aliphatic rings. The number of carbonyl (C=O) groups is 2. The van der Waals surface area contributed by atoms with E-state index in [-0.39, 0.29) is 45.0 Å². The molecule has 0 spiro atoms. The monoisotopic (exact) mass is 1490 g/mol. The first-order valence-electron chi connectivity index (χ1n) is 38.4. The molecule has 0 aliphatic carbocycles. The van der Waals surface area contributed by atoms with Crippen LogP contribution in [0.25, 0.3) is 43.1 Å². The molecule has 2 amide bonds. The highest BCUT2D eigenvalue weighted by Gasteiger charge is 2.48. The van der Waals surface area contributed by atoms with Crippen LogP contribution in [0.1, 0.15) is 155 Å². The van der Waals surface area contributed by atoms with Crippen LogP contribution in [0.2, 0.25) is 0 Å². The molecule has 564 valence electrons. The molecular weight excluding hydrogens is 1380 g/mol. The zero-order valence-corrected chi connectivity index (χ0v) is 66.2. The molecule has 14 nitrogen and oxygen atoms in total. The predicted octanol–water partition coefficient (Wildman–Crippen LogP) is 18.7. The summed E-state index contributed by atoms with van der Waals surface area (Å²) in [6.45, 7) is 21.3. The lowest BCUT2D eigenvalue weighted by Gasteiger charge is -2.27. The van der Waals surface area contributed by atoms with Crippen molar-refractivity contribution in [2.75, 3.05) is 61.6 Å². The van der Waals surface area contributed by atoms with Gasteiger partial charge in [-0.1, -0.05) is 198 Å². The second-order valence-corrected chi connectivity index (χ2v) is 33.9. The minimum Gasteiger partial charge on any atom is -0.748 e. The van der Waals surface area contributed by atoms with Gasteiger partial charge in [0.05, 0.1) is 31.1 Å².